The van der Waals surface area contributed by atoms with Gasteiger partial charge < -0.3 is 20.9 Å². The maximum Gasteiger partial charge on any atom is 0.269 e. The average Bonchev–Trinajstić information content (AvgIpc) is 3.66. The largest absolute Gasteiger partial charge is 0.342 e. The molecule has 4 atom stereocenters. The SMILES string of the molecule is CC(C)C[C@H](NC(=O)[C@H](C)N1C(=O)CCC1=O)C(=O)N1CCC[C@H]1C(=O)N[C@@H](Cc1ccccc1)C(=O)Nc1ccc([N+](=O)[O-])cc1. The number of carbonyl (C=O) groups excluding carboxylic acids is 6. The van der Waals surface area contributed by atoms with Crippen molar-refractivity contribution in [3.8, 4) is 0 Å². The van der Waals surface area contributed by atoms with Crippen LogP contribution >= 0.6 is 0 Å². The summed E-state index contributed by atoms with van der Waals surface area (Å²) in [6.07, 6.45) is 1.34. The van der Waals surface area contributed by atoms with E-state index in [0.717, 1.165) is 10.5 Å². The number of anilines is 1. The number of nitro groups is 1. The van der Waals surface area contributed by atoms with Crippen molar-refractivity contribution in [3.05, 3.63) is 70.3 Å². The van der Waals surface area contributed by atoms with Crippen molar-refractivity contribution in [2.24, 2.45) is 5.92 Å². The van der Waals surface area contributed by atoms with Gasteiger partial charge in [0, 0.05) is 43.6 Å². The zero-order valence-corrected chi connectivity index (χ0v) is 26.6. The normalized spacial score (nSPS) is 18.1. The summed E-state index contributed by atoms with van der Waals surface area (Å²) in [6, 6.07) is 10.3. The number of benzene rings is 2. The minimum absolute atomic E-state index is 0.0112. The number of imide groups is 1. The Morgan fingerprint density at radius 1 is 0.894 bits per heavy atom. The molecule has 2 aliphatic rings. The second kappa shape index (κ2) is 15.4. The molecule has 3 N–H and O–H groups in total. The fraction of sp³-hybridized carbons (Fsp3) is 0.455. The molecule has 0 radical (unpaired) electrons. The van der Waals surface area contributed by atoms with E-state index < -0.39 is 64.5 Å². The lowest BCUT2D eigenvalue weighted by molar-refractivity contribution is -0.384. The number of non-ortho nitro benzene ring substituents is 1. The molecule has 0 unspecified atom stereocenters. The van der Waals surface area contributed by atoms with Gasteiger partial charge in [0.1, 0.15) is 24.2 Å². The number of nitrogens with zero attached hydrogens (tertiary/aromatic N) is 3. The maximum absolute atomic E-state index is 13.9. The number of hydrogen-bond donors (Lipinski definition) is 3. The molecule has 250 valence electrons. The maximum atomic E-state index is 13.9. The molecule has 2 fully saturated rings. The first-order valence-electron chi connectivity index (χ1n) is 15.7. The van der Waals surface area contributed by atoms with Crippen LogP contribution in [0.1, 0.15) is 58.4 Å². The predicted molar refractivity (Wildman–Crippen MR) is 170 cm³/mol. The Labute approximate surface area is 272 Å². The Hall–Kier alpha value is -5.14. The van der Waals surface area contributed by atoms with Gasteiger partial charge in [0.05, 0.1) is 4.92 Å². The molecular weight excluding hydrogens is 608 g/mol. The molecule has 0 spiro atoms. The van der Waals surface area contributed by atoms with E-state index >= 15 is 0 Å². The highest BCUT2D eigenvalue weighted by atomic mass is 16.6. The summed E-state index contributed by atoms with van der Waals surface area (Å²) in [4.78, 5) is 91.4. The van der Waals surface area contributed by atoms with E-state index in [0.29, 0.717) is 18.5 Å². The number of nitrogens with one attached hydrogen (secondary N) is 3. The van der Waals surface area contributed by atoms with Gasteiger partial charge in [-0.1, -0.05) is 44.2 Å². The minimum Gasteiger partial charge on any atom is -0.342 e. The molecule has 0 aliphatic carbocycles. The third-order valence-corrected chi connectivity index (χ3v) is 8.28. The molecule has 2 heterocycles. The van der Waals surface area contributed by atoms with Crippen LogP contribution in [0.2, 0.25) is 0 Å². The van der Waals surface area contributed by atoms with Crippen LogP contribution in [0.15, 0.2) is 54.6 Å². The smallest absolute Gasteiger partial charge is 0.269 e. The van der Waals surface area contributed by atoms with Gasteiger partial charge in [0.25, 0.3) is 5.69 Å². The quantitative estimate of drug-likeness (QED) is 0.168. The van der Waals surface area contributed by atoms with Crippen molar-refractivity contribution in [1.82, 2.24) is 20.4 Å². The standard InChI is InChI=1S/C33H40N6O8/c1-20(2)18-26(36-30(42)21(3)38-28(40)15-16-29(38)41)33(45)37-17-7-10-27(37)32(44)35-25(19-22-8-5-4-6-9-22)31(43)34-23-11-13-24(14-12-23)39(46)47/h4-6,8-9,11-14,20-21,25-27H,7,10,15-19H2,1-3H3,(H,34,43)(H,35,44)(H,36,42)/t21-,25-,26-,27-/m0/s1. The molecule has 2 aromatic rings. The molecule has 6 amide bonds. The summed E-state index contributed by atoms with van der Waals surface area (Å²) in [5.41, 5.74) is 0.951. The van der Waals surface area contributed by atoms with Crippen molar-refractivity contribution in [2.75, 3.05) is 11.9 Å². The monoisotopic (exact) mass is 648 g/mol. The second-order valence-corrected chi connectivity index (χ2v) is 12.3. The van der Waals surface area contributed by atoms with Gasteiger partial charge >= 0.3 is 0 Å². The lowest BCUT2D eigenvalue weighted by Crippen LogP contribution is -2.58. The predicted octanol–water partition coefficient (Wildman–Crippen LogP) is 2.32. The summed E-state index contributed by atoms with van der Waals surface area (Å²) in [7, 11) is 0. The van der Waals surface area contributed by atoms with Crippen molar-refractivity contribution in [1.29, 1.82) is 0 Å². The van der Waals surface area contributed by atoms with Crippen LogP contribution < -0.4 is 16.0 Å². The average molecular weight is 649 g/mol. The van der Waals surface area contributed by atoms with Gasteiger partial charge in [-0.05, 0) is 49.8 Å². The van der Waals surface area contributed by atoms with E-state index in [1.165, 1.54) is 36.1 Å². The first-order chi connectivity index (χ1) is 22.3. The van der Waals surface area contributed by atoms with Crippen LogP contribution in [0.25, 0.3) is 0 Å². The fourth-order valence-electron chi connectivity index (χ4n) is 5.85. The topological polar surface area (TPSA) is 188 Å². The Balaban J connectivity index is 1.49. The molecule has 2 aromatic carbocycles. The lowest BCUT2D eigenvalue weighted by Gasteiger charge is -2.31. The Kier molecular flexibility index (Phi) is 11.4. The summed E-state index contributed by atoms with van der Waals surface area (Å²) in [5.74, 6) is -3.08. The Morgan fingerprint density at radius 3 is 2.13 bits per heavy atom. The van der Waals surface area contributed by atoms with Crippen molar-refractivity contribution >= 4 is 46.8 Å². The van der Waals surface area contributed by atoms with Crippen LogP contribution in [-0.4, -0.2) is 80.9 Å². The van der Waals surface area contributed by atoms with Crippen molar-refractivity contribution in [2.45, 2.75) is 83.5 Å². The number of carbonyl (C=O) groups is 6. The highest BCUT2D eigenvalue weighted by Crippen LogP contribution is 2.22. The lowest BCUT2D eigenvalue weighted by atomic mass is 10.0. The molecule has 14 heteroatoms. The van der Waals surface area contributed by atoms with Crippen molar-refractivity contribution < 1.29 is 33.7 Å². The summed E-state index contributed by atoms with van der Waals surface area (Å²) >= 11 is 0. The van der Waals surface area contributed by atoms with Crippen LogP contribution in [0.4, 0.5) is 11.4 Å². The zero-order chi connectivity index (χ0) is 34.2. The van der Waals surface area contributed by atoms with Gasteiger partial charge in [-0.3, -0.25) is 43.8 Å². The number of rotatable bonds is 13. The molecule has 0 saturated carbocycles. The van der Waals surface area contributed by atoms with Crippen LogP contribution in [0.5, 0.6) is 0 Å². The van der Waals surface area contributed by atoms with Crippen molar-refractivity contribution in [3.63, 3.8) is 0 Å². The van der Waals surface area contributed by atoms with E-state index in [2.05, 4.69) is 16.0 Å². The van der Waals surface area contributed by atoms with Gasteiger partial charge in [-0.15, -0.1) is 0 Å². The fourth-order valence-corrected chi connectivity index (χ4v) is 5.85. The van der Waals surface area contributed by atoms with Crippen LogP contribution in [0, 0.1) is 16.0 Å². The highest BCUT2D eigenvalue weighted by Gasteiger charge is 2.41. The van der Waals surface area contributed by atoms with Gasteiger partial charge in [0.2, 0.25) is 35.4 Å². The number of likely N-dealkylation sites (tertiary alicyclic amines) is 2. The molecule has 0 bridgehead atoms. The number of hydrogen-bond acceptors (Lipinski definition) is 8. The van der Waals surface area contributed by atoms with E-state index in [-0.39, 0.29) is 43.8 Å². The molecule has 47 heavy (non-hydrogen) atoms. The zero-order valence-electron chi connectivity index (χ0n) is 26.6. The van der Waals surface area contributed by atoms with Crippen LogP contribution in [0.3, 0.4) is 0 Å². The van der Waals surface area contributed by atoms with E-state index in [9.17, 15) is 38.9 Å². The third-order valence-electron chi connectivity index (χ3n) is 8.28. The molecule has 2 aliphatic heterocycles. The summed E-state index contributed by atoms with van der Waals surface area (Å²) in [5, 5.41) is 19.2. The molecule has 14 nitrogen and oxygen atoms in total. The van der Waals surface area contributed by atoms with Crippen LogP contribution in [-0.2, 0) is 35.2 Å². The minimum atomic E-state index is -1.09. The third kappa shape index (κ3) is 8.77. The molecule has 0 aromatic heterocycles. The molecule has 4 rings (SSSR count). The highest BCUT2D eigenvalue weighted by molar-refractivity contribution is 6.06. The number of nitro benzene ring substituents is 1. The Bertz CT molecular complexity index is 1500. The second-order valence-electron chi connectivity index (χ2n) is 12.3. The van der Waals surface area contributed by atoms with Gasteiger partial charge in [-0.2, -0.15) is 0 Å². The van der Waals surface area contributed by atoms with E-state index in [1.807, 2.05) is 32.0 Å². The summed E-state index contributed by atoms with van der Waals surface area (Å²) < 4.78 is 0. The van der Waals surface area contributed by atoms with Gasteiger partial charge in [0.15, 0.2) is 0 Å². The molecule has 2 saturated heterocycles. The van der Waals surface area contributed by atoms with E-state index in [4.69, 9.17) is 0 Å². The van der Waals surface area contributed by atoms with Gasteiger partial charge in [-0.25, -0.2) is 0 Å². The summed E-state index contributed by atoms with van der Waals surface area (Å²) in [6.45, 7) is 5.47. The van der Waals surface area contributed by atoms with E-state index in [1.54, 1.807) is 12.1 Å². The number of amides is 6. The molecular formula is C33H40N6O8. The first kappa shape index (κ1) is 34.7. The first-order valence-corrected chi connectivity index (χ1v) is 15.7. The Morgan fingerprint density at radius 2 is 1.53 bits per heavy atom.